The van der Waals surface area contributed by atoms with Gasteiger partial charge in [0, 0.05) is 46.7 Å². The number of amides is 1. The average molecular weight is 469 g/mol. The molecule has 8 nitrogen and oxygen atoms in total. The lowest BCUT2D eigenvalue weighted by atomic mass is 10.3. The van der Waals surface area contributed by atoms with Gasteiger partial charge in [-0.25, -0.2) is 15.0 Å². The molecule has 3 N–H and O–H groups in total. The van der Waals surface area contributed by atoms with Crippen molar-refractivity contribution in [3.63, 3.8) is 0 Å². The summed E-state index contributed by atoms with van der Waals surface area (Å²) in [7, 11) is 0. The van der Waals surface area contributed by atoms with Crippen molar-refractivity contribution in [3.8, 4) is 0 Å². The molecule has 10 heteroatoms. The highest BCUT2D eigenvalue weighted by Gasteiger charge is 2.29. The number of nitrogens with one attached hydrogen (secondary N) is 2. The monoisotopic (exact) mass is 468 g/mol. The van der Waals surface area contributed by atoms with Gasteiger partial charge >= 0.3 is 0 Å². The molecule has 0 unspecified atom stereocenters. The second-order valence-electron chi connectivity index (χ2n) is 8.07. The number of thiazole rings is 1. The molecule has 3 heterocycles. The number of aliphatic hydroxyl groups excluding tert-OH is 1. The van der Waals surface area contributed by atoms with Crippen LogP contribution in [0, 0.1) is 12.8 Å². The van der Waals surface area contributed by atoms with Gasteiger partial charge in [0.1, 0.15) is 11.6 Å². The SMILES string of the molecule is Cc1cnc(Nc2cc(N3CC[C@@H](O)C3)nc(Sc3ccc(NC(=O)C4CC4)cc3)n2)s1. The minimum absolute atomic E-state index is 0.0994. The summed E-state index contributed by atoms with van der Waals surface area (Å²) in [5, 5.41) is 17.6. The number of nitrogens with zero attached hydrogens (tertiary/aromatic N) is 4. The van der Waals surface area contributed by atoms with Crippen molar-refractivity contribution in [3.05, 3.63) is 41.4 Å². The van der Waals surface area contributed by atoms with Gasteiger partial charge in [0.2, 0.25) is 5.91 Å². The molecule has 2 fully saturated rings. The van der Waals surface area contributed by atoms with Gasteiger partial charge in [0.15, 0.2) is 10.3 Å². The summed E-state index contributed by atoms with van der Waals surface area (Å²) < 4.78 is 0. The van der Waals surface area contributed by atoms with Gasteiger partial charge in [-0.05, 0) is 62.2 Å². The first-order chi connectivity index (χ1) is 15.5. The molecule has 0 radical (unpaired) electrons. The number of carbonyl (C=O) groups is 1. The minimum Gasteiger partial charge on any atom is -0.391 e. The molecule has 1 saturated carbocycles. The third-order valence-electron chi connectivity index (χ3n) is 5.31. The Morgan fingerprint density at radius 3 is 2.69 bits per heavy atom. The van der Waals surface area contributed by atoms with Crippen LogP contribution in [0.4, 0.5) is 22.5 Å². The van der Waals surface area contributed by atoms with E-state index in [-0.39, 0.29) is 17.9 Å². The van der Waals surface area contributed by atoms with Crippen molar-refractivity contribution < 1.29 is 9.90 Å². The lowest BCUT2D eigenvalue weighted by molar-refractivity contribution is -0.117. The van der Waals surface area contributed by atoms with Gasteiger partial charge < -0.3 is 20.6 Å². The number of aromatic nitrogens is 3. The Morgan fingerprint density at radius 2 is 2.03 bits per heavy atom. The Kier molecular flexibility index (Phi) is 5.99. The van der Waals surface area contributed by atoms with Gasteiger partial charge in [-0.15, -0.1) is 11.3 Å². The number of aryl methyl sites for hydroxylation is 1. The number of carbonyl (C=O) groups excluding carboxylic acids is 1. The minimum atomic E-state index is -0.336. The molecule has 0 bridgehead atoms. The van der Waals surface area contributed by atoms with Gasteiger partial charge in [-0.1, -0.05) is 0 Å². The molecule has 1 aliphatic heterocycles. The lowest BCUT2D eigenvalue weighted by Gasteiger charge is -2.18. The van der Waals surface area contributed by atoms with E-state index in [0.717, 1.165) is 52.2 Å². The highest BCUT2D eigenvalue weighted by Crippen LogP contribution is 2.33. The van der Waals surface area contributed by atoms with Crippen molar-refractivity contribution in [2.45, 2.75) is 42.3 Å². The van der Waals surface area contributed by atoms with Gasteiger partial charge in [-0.3, -0.25) is 4.79 Å². The molecule has 2 aromatic heterocycles. The van der Waals surface area contributed by atoms with Gasteiger partial charge in [0.05, 0.1) is 6.10 Å². The Balaban J connectivity index is 1.35. The lowest BCUT2D eigenvalue weighted by Crippen LogP contribution is -2.22. The van der Waals surface area contributed by atoms with Crippen molar-refractivity contribution in [1.82, 2.24) is 15.0 Å². The maximum Gasteiger partial charge on any atom is 0.227 e. The predicted octanol–water partition coefficient (Wildman–Crippen LogP) is 4.06. The standard InChI is InChI=1S/C22H24N6O2S2/c1-13-11-23-21(31-13)25-18-10-19(28-9-8-16(29)12-28)27-22(26-18)32-17-6-4-15(5-7-17)24-20(30)14-2-3-14/h4-7,10-11,14,16,29H,2-3,8-9,12H2,1H3,(H,24,30)(H,23,25,26,27)/t16-/m1/s1. The van der Waals surface area contributed by atoms with E-state index in [2.05, 4.69) is 25.5 Å². The Hall–Kier alpha value is -2.69. The molecule has 32 heavy (non-hydrogen) atoms. The number of hydrogen-bond donors (Lipinski definition) is 3. The third kappa shape index (κ3) is 5.20. The highest BCUT2D eigenvalue weighted by atomic mass is 32.2. The van der Waals surface area contributed by atoms with Crippen LogP contribution in [0.1, 0.15) is 24.1 Å². The first kappa shape index (κ1) is 21.2. The quantitative estimate of drug-likeness (QED) is 0.446. The van der Waals surface area contributed by atoms with Crippen LogP contribution in [0.2, 0.25) is 0 Å². The fourth-order valence-corrected chi connectivity index (χ4v) is 4.90. The number of β-amino-alcohol motifs (C(OH)–C–C–N with tert-alkyl or cyclic N) is 1. The normalized spacial score (nSPS) is 18.1. The fourth-order valence-electron chi connectivity index (χ4n) is 3.46. The number of benzene rings is 1. The van der Waals surface area contributed by atoms with Crippen LogP contribution in [-0.4, -0.2) is 45.2 Å². The van der Waals surface area contributed by atoms with Crippen LogP contribution < -0.4 is 15.5 Å². The zero-order valence-corrected chi connectivity index (χ0v) is 19.2. The van der Waals surface area contributed by atoms with Crippen molar-refractivity contribution >= 4 is 51.5 Å². The van der Waals surface area contributed by atoms with Gasteiger partial charge in [-0.2, -0.15) is 0 Å². The summed E-state index contributed by atoms with van der Waals surface area (Å²) in [6.45, 7) is 3.33. The topological polar surface area (TPSA) is 103 Å². The molecule has 1 amide bonds. The zero-order chi connectivity index (χ0) is 22.1. The summed E-state index contributed by atoms with van der Waals surface area (Å²) in [4.78, 5) is 29.9. The van der Waals surface area contributed by atoms with Crippen molar-refractivity contribution in [1.29, 1.82) is 0 Å². The smallest absolute Gasteiger partial charge is 0.227 e. The summed E-state index contributed by atoms with van der Waals surface area (Å²) in [5.41, 5.74) is 0.800. The number of aliphatic hydroxyl groups is 1. The van der Waals surface area contributed by atoms with E-state index in [1.54, 1.807) is 11.3 Å². The van der Waals surface area contributed by atoms with Crippen LogP contribution in [0.15, 0.2) is 46.6 Å². The summed E-state index contributed by atoms with van der Waals surface area (Å²) in [5.74, 6) is 1.73. The first-order valence-electron chi connectivity index (χ1n) is 10.6. The molecule has 3 aromatic rings. The molecule has 1 saturated heterocycles. The number of anilines is 4. The molecule has 1 aromatic carbocycles. The van der Waals surface area contributed by atoms with Crippen LogP contribution in [0.25, 0.3) is 0 Å². The first-order valence-corrected chi connectivity index (χ1v) is 12.3. The van der Waals surface area contributed by atoms with E-state index in [1.165, 1.54) is 11.8 Å². The summed E-state index contributed by atoms with van der Waals surface area (Å²) >= 11 is 3.02. The van der Waals surface area contributed by atoms with Crippen LogP contribution in [0.3, 0.4) is 0 Å². The van der Waals surface area contributed by atoms with E-state index < -0.39 is 0 Å². The maximum absolute atomic E-state index is 12.0. The molecule has 1 aliphatic carbocycles. The average Bonchev–Trinajstić information content (AvgIpc) is 3.42. The molecular weight excluding hydrogens is 444 g/mol. The van der Waals surface area contributed by atoms with E-state index >= 15 is 0 Å². The van der Waals surface area contributed by atoms with Crippen LogP contribution in [0.5, 0.6) is 0 Å². The molecule has 5 rings (SSSR count). The van der Waals surface area contributed by atoms with E-state index in [4.69, 9.17) is 4.98 Å². The van der Waals surface area contributed by atoms with Crippen molar-refractivity contribution in [2.75, 3.05) is 28.6 Å². The fraction of sp³-hybridized carbons (Fsp3) is 0.364. The zero-order valence-electron chi connectivity index (χ0n) is 17.6. The molecule has 2 aliphatic rings. The molecule has 1 atom stereocenters. The summed E-state index contributed by atoms with van der Waals surface area (Å²) in [6, 6.07) is 9.62. The summed E-state index contributed by atoms with van der Waals surface area (Å²) in [6.07, 6.45) is 4.19. The third-order valence-corrected chi connectivity index (χ3v) is 7.02. The number of rotatable bonds is 7. The van der Waals surface area contributed by atoms with Crippen LogP contribution >= 0.6 is 23.1 Å². The molecular formula is C22H24N6O2S2. The largest absolute Gasteiger partial charge is 0.391 e. The Morgan fingerprint density at radius 1 is 1.22 bits per heavy atom. The molecule has 0 spiro atoms. The maximum atomic E-state index is 12.0. The number of hydrogen-bond acceptors (Lipinski definition) is 9. The second kappa shape index (κ2) is 9.05. The van der Waals surface area contributed by atoms with Crippen LogP contribution in [-0.2, 0) is 4.79 Å². The van der Waals surface area contributed by atoms with E-state index in [1.807, 2.05) is 43.5 Å². The Bertz CT molecular complexity index is 1120. The van der Waals surface area contributed by atoms with Crippen molar-refractivity contribution in [2.24, 2.45) is 5.92 Å². The second-order valence-corrected chi connectivity index (χ2v) is 10.3. The van der Waals surface area contributed by atoms with E-state index in [9.17, 15) is 9.90 Å². The highest BCUT2D eigenvalue weighted by molar-refractivity contribution is 7.99. The van der Waals surface area contributed by atoms with Gasteiger partial charge in [0.25, 0.3) is 0 Å². The van der Waals surface area contributed by atoms with E-state index in [0.29, 0.717) is 17.5 Å². The predicted molar refractivity (Wildman–Crippen MR) is 127 cm³/mol. The molecule has 166 valence electrons. The Labute approximate surface area is 194 Å².